The first-order chi connectivity index (χ1) is 8.93. The van der Waals surface area contributed by atoms with Gasteiger partial charge in [-0.1, -0.05) is 13.3 Å². The lowest BCUT2D eigenvalue weighted by Crippen LogP contribution is -2.51. The molecule has 0 radical (unpaired) electrons. The van der Waals surface area contributed by atoms with Gasteiger partial charge in [-0.25, -0.2) is 9.59 Å². The molecule has 1 aliphatic rings. The molecule has 1 aliphatic heterocycles. The summed E-state index contributed by atoms with van der Waals surface area (Å²) in [6.07, 6.45) is 2.55. The smallest absolute Gasteiger partial charge is 0.326 e. The molecule has 0 aromatic heterocycles. The molecular weight excluding hydrogens is 250 g/mol. The van der Waals surface area contributed by atoms with E-state index in [1.54, 1.807) is 4.90 Å². The van der Waals surface area contributed by atoms with Crippen molar-refractivity contribution in [2.75, 3.05) is 13.1 Å². The molecule has 19 heavy (non-hydrogen) atoms. The van der Waals surface area contributed by atoms with E-state index in [1.165, 1.54) is 0 Å². The van der Waals surface area contributed by atoms with Crippen LogP contribution >= 0.6 is 0 Å². The standard InChI is InChI=1S/C12H21N3O4/c1-2-8-3-5-15(6-4-8)12(19)14-9(11(17)18)7-10(13)16/h8-9H,2-7H2,1H3,(H2,13,16)(H,14,19)(H,17,18)/t9-/m1/s1. The molecule has 3 amide bonds. The van der Waals surface area contributed by atoms with Gasteiger partial charge < -0.3 is 21.1 Å². The van der Waals surface area contributed by atoms with Crippen molar-refractivity contribution in [3.05, 3.63) is 0 Å². The lowest BCUT2D eigenvalue weighted by atomic mass is 9.95. The van der Waals surface area contributed by atoms with E-state index in [9.17, 15) is 14.4 Å². The lowest BCUT2D eigenvalue weighted by molar-refractivity contribution is -0.141. The maximum absolute atomic E-state index is 11.9. The number of nitrogens with zero attached hydrogens (tertiary/aromatic N) is 1. The predicted octanol–water partition coefficient (Wildman–Crippen LogP) is 0.147. The number of piperidine rings is 1. The monoisotopic (exact) mass is 271 g/mol. The molecule has 108 valence electrons. The first-order valence-corrected chi connectivity index (χ1v) is 6.50. The van der Waals surface area contributed by atoms with Crippen LogP contribution in [0.4, 0.5) is 4.79 Å². The molecule has 0 bridgehead atoms. The van der Waals surface area contributed by atoms with E-state index in [1.807, 2.05) is 0 Å². The summed E-state index contributed by atoms with van der Waals surface area (Å²) in [4.78, 5) is 35.1. The SMILES string of the molecule is CCC1CCN(C(=O)N[C@H](CC(N)=O)C(=O)O)CC1. The number of nitrogens with two attached hydrogens (primary N) is 1. The molecule has 1 saturated heterocycles. The fourth-order valence-electron chi connectivity index (χ4n) is 2.19. The molecule has 0 aromatic carbocycles. The number of amides is 3. The minimum Gasteiger partial charge on any atom is -0.480 e. The number of hydrogen-bond donors (Lipinski definition) is 3. The van der Waals surface area contributed by atoms with Gasteiger partial charge in [0.15, 0.2) is 0 Å². The number of carbonyl (C=O) groups is 3. The van der Waals surface area contributed by atoms with Crippen molar-refractivity contribution in [1.29, 1.82) is 0 Å². The van der Waals surface area contributed by atoms with Gasteiger partial charge in [0.1, 0.15) is 6.04 Å². The zero-order valence-electron chi connectivity index (χ0n) is 11.1. The Balaban J connectivity index is 2.48. The third-order valence-electron chi connectivity index (χ3n) is 3.48. The highest BCUT2D eigenvalue weighted by Gasteiger charge is 2.27. The molecule has 0 unspecified atom stereocenters. The van der Waals surface area contributed by atoms with Gasteiger partial charge in [-0.3, -0.25) is 4.79 Å². The van der Waals surface area contributed by atoms with Gasteiger partial charge in [0, 0.05) is 13.1 Å². The summed E-state index contributed by atoms with van der Waals surface area (Å²) in [6, 6.07) is -1.70. The highest BCUT2D eigenvalue weighted by Crippen LogP contribution is 2.19. The van der Waals surface area contributed by atoms with Crippen LogP contribution in [-0.2, 0) is 9.59 Å². The highest BCUT2D eigenvalue weighted by atomic mass is 16.4. The minimum atomic E-state index is -1.26. The molecule has 0 saturated carbocycles. The van der Waals surface area contributed by atoms with Gasteiger partial charge in [-0.2, -0.15) is 0 Å². The fraction of sp³-hybridized carbons (Fsp3) is 0.750. The van der Waals surface area contributed by atoms with Crippen molar-refractivity contribution in [2.45, 2.75) is 38.6 Å². The van der Waals surface area contributed by atoms with E-state index in [4.69, 9.17) is 10.8 Å². The highest BCUT2D eigenvalue weighted by molar-refractivity contribution is 5.87. The molecule has 7 heteroatoms. The topological polar surface area (TPSA) is 113 Å². The molecule has 1 atom stereocenters. The summed E-state index contributed by atoms with van der Waals surface area (Å²) in [6.45, 7) is 3.36. The van der Waals surface area contributed by atoms with Crippen LogP contribution in [0.25, 0.3) is 0 Å². The van der Waals surface area contributed by atoms with E-state index < -0.39 is 30.4 Å². The average molecular weight is 271 g/mol. The first kappa shape index (κ1) is 15.3. The Labute approximate surface area is 112 Å². The minimum absolute atomic E-state index is 0.396. The van der Waals surface area contributed by atoms with Crippen LogP contribution in [0.2, 0.25) is 0 Å². The normalized spacial score (nSPS) is 17.8. The van der Waals surface area contributed by atoms with Crippen LogP contribution in [0.3, 0.4) is 0 Å². The summed E-state index contributed by atoms with van der Waals surface area (Å²) in [5, 5.41) is 11.2. The molecule has 1 rings (SSSR count). The summed E-state index contributed by atoms with van der Waals surface area (Å²) in [7, 11) is 0. The quantitative estimate of drug-likeness (QED) is 0.660. The van der Waals surface area contributed by atoms with Crippen molar-refractivity contribution in [3.8, 4) is 0 Å². The van der Waals surface area contributed by atoms with Crippen molar-refractivity contribution in [2.24, 2.45) is 11.7 Å². The maximum atomic E-state index is 11.9. The van der Waals surface area contributed by atoms with Crippen LogP contribution < -0.4 is 11.1 Å². The lowest BCUT2D eigenvalue weighted by Gasteiger charge is -2.32. The third kappa shape index (κ3) is 4.76. The number of nitrogens with one attached hydrogen (secondary N) is 1. The van der Waals surface area contributed by atoms with Crippen molar-refractivity contribution in [3.63, 3.8) is 0 Å². The average Bonchev–Trinajstić information content (AvgIpc) is 2.37. The van der Waals surface area contributed by atoms with Crippen LogP contribution in [0.1, 0.15) is 32.6 Å². The van der Waals surface area contributed by atoms with Gasteiger partial charge in [0.2, 0.25) is 5.91 Å². The van der Waals surface area contributed by atoms with E-state index in [2.05, 4.69) is 12.2 Å². The first-order valence-electron chi connectivity index (χ1n) is 6.50. The predicted molar refractivity (Wildman–Crippen MR) is 68.4 cm³/mol. The van der Waals surface area contributed by atoms with E-state index >= 15 is 0 Å². The Morgan fingerprint density at radius 3 is 2.37 bits per heavy atom. The second kappa shape index (κ2) is 6.96. The molecule has 4 N–H and O–H groups in total. The molecule has 1 heterocycles. The van der Waals surface area contributed by atoms with E-state index in [-0.39, 0.29) is 0 Å². The van der Waals surface area contributed by atoms with Crippen LogP contribution in [-0.4, -0.2) is 47.0 Å². The van der Waals surface area contributed by atoms with Crippen molar-refractivity contribution in [1.82, 2.24) is 10.2 Å². The Hall–Kier alpha value is -1.79. The Morgan fingerprint density at radius 2 is 1.95 bits per heavy atom. The molecule has 7 nitrogen and oxygen atoms in total. The Morgan fingerprint density at radius 1 is 1.37 bits per heavy atom. The number of aliphatic carboxylic acids is 1. The number of rotatable bonds is 5. The largest absolute Gasteiger partial charge is 0.480 e. The summed E-state index contributed by atoms with van der Waals surface area (Å²) in [5.74, 6) is -1.38. The second-order valence-electron chi connectivity index (χ2n) is 4.85. The van der Waals surface area contributed by atoms with Gasteiger partial charge in [0.05, 0.1) is 6.42 Å². The second-order valence-corrected chi connectivity index (χ2v) is 4.85. The number of carboxylic acid groups (broad SMARTS) is 1. The number of primary amides is 1. The Bertz CT molecular complexity index is 351. The zero-order chi connectivity index (χ0) is 14.4. The number of carboxylic acids is 1. The summed E-state index contributed by atoms with van der Waals surface area (Å²) >= 11 is 0. The van der Waals surface area contributed by atoms with E-state index in [0.717, 1.165) is 19.3 Å². The Kier molecular flexibility index (Phi) is 5.59. The molecular formula is C12H21N3O4. The summed E-state index contributed by atoms with van der Waals surface area (Å²) in [5.41, 5.74) is 4.95. The van der Waals surface area contributed by atoms with Gasteiger partial charge in [-0.05, 0) is 18.8 Å². The maximum Gasteiger partial charge on any atom is 0.326 e. The van der Waals surface area contributed by atoms with E-state index in [0.29, 0.717) is 19.0 Å². The van der Waals surface area contributed by atoms with Crippen LogP contribution in [0, 0.1) is 5.92 Å². The van der Waals surface area contributed by atoms with Crippen LogP contribution in [0.5, 0.6) is 0 Å². The van der Waals surface area contributed by atoms with Crippen molar-refractivity contribution < 1.29 is 19.5 Å². The zero-order valence-corrected chi connectivity index (χ0v) is 11.1. The molecule has 0 spiro atoms. The van der Waals surface area contributed by atoms with Gasteiger partial charge in [0.25, 0.3) is 0 Å². The molecule has 1 fully saturated rings. The van der Waals surface area contributed by atoms with Gasteiger partial charge in [-0.15, -0.1) is 0 Å². The number of urea groups is 1. The van der Waals surface area contributed by atoms with Crippen molar-refractivity contribution >= 4 is 17.9 Å². The van der Waals surface area contributed by atoms with Gasteiger partial charge >= 0.3 is 12.0 Å². The molecule has 0 aliphatic carbocycles. The number of likely N-dealkylation sites (tertiary alicyclic amines) is 1. The number of carbonyl (C=O) groups excluding carboxylic acids is 2. The summed E-state index contributed by atoms with van der Waals surface area (Å²) < 4.78 is 0. The fourth-order valence-corrected chi connectivity index (χ4v) is 2.19. The molecule has 0 aromatic rings. The third-order valence-corrected chi connectivity index (χ3v) is 3.48. The van der Waals surface area contributed by atoms with Crippen LogP contribution in [0.15, 0.2) is 0 Å². The number of hydrogen-bond acceptors (Lipinski definition) is 3.